The third-order valence-electron chi connectivity index (χ3n) is 4.42. The van der Waals surface area contributed by atoms with Gasteiger partial charge in [-0.2, -0.15) is 28.0 Å². The molecule has 0 spiro atoms. The first-order valence-corrected chi connectivity index (χ1v) is 9.71. The van der Waals surface area contributed by atoms with E-state index in [-0.39, 0.29) is 6.10 Å². The molecule has 2 aliphatic rings. The number of halogens is 1. The van der Waals surface area contributed by atoms with Gasteiger partial charge in [-0.15, -0.1) is 0 Å². The first-order valence-electron chi connectivity index (χ1n) is 8.67. The van der Waals surface area contributed by atoms with E-state index in [0.29, 0.717) is 16.7 Å². The van der Waals surface area contributed by atoms with E-state index in [1.807, 2.05) is 6.08 Å². The second kappa shape index (κ2) is 9.58. The van der Waals surface area contributed by atoms with Crippen molar-refractivity contribution in [1.29, 1.82) is 0 Å². The molecule has 0 unspecified atom stereocenters. The molecule has 0 amide bonds. The number of anilines is 1. The van der Waals surface area contributed by atoms with Crippen molar-refractivity contribution in [2.24, 2.45) is 0 Å². The number of aromatic nitrogens is 4. The van der Waals surface area contributed by atoms with E-state index in [2.05, 4.69) is 43.5 Å². The summed E-state index contributed by atoms with van der Waals surface area (Å²) in [6.45, 7) is 1.78. The molecule has 2 aromatic heterocycles. The largest absolute Gasteiger partial charge is 0.393 e. The van der Waals surface area contributed by atoms with E-state index >= 15 is 0 Å². The van der Waals surface area contributed by atoms with Crippen molar-refractivity contribution in [3.05, 3.63) is 53.2 Å². The number of hydrogen-bond acceptors (Lipinski definition) is 8. The van der Waals surface area contributed by atoms with Gasteiger partial charge in [-0.05, 0) is 31.4 Å². The Morgan fingerprint density at radius 2 is 1.96 bits per heavy atom. The number of rotatable bonds is 3. The highest BCUT2D eigenvalue weighted by molar-refractivity contribution is 7.51. The Morgan fingerprint density at radius 3 is 2.71 bits per heavy atom. The van der Waals surface area contributed by atoms with Gasteiger partial charge in [-0.25, -0.2) is 0 Å². The summed E-state index contributed by atoms with van der Waals surface area (Å²) < 4.78 is 18.2. The standard InChI is InChI=1S/C17H19ClN6O.O2S/c18-15-10-16(24-17(22-15)19-11-20-24)21-12-2-1-3-13(5-4-12)23-8-6-14(25)7-9-23;1-3-2/h2-5,10-11,14,21,25H,1,6-9H2;. The molecule has 1 fully saturated rings. The van der Waals surface area contributed by atoms with E-state index in [1.54, 1.807) is 10.6 Å². The van der Waals surface area contributed by atoms with Gasteiger partial charge < -0.3 is 15.3 Å². The number of allylic oxidation sites excluding steroid dienone is 4. The van der Waals surface area contributed by atoms with Crippen molar-refractivity contribution < 1.29 is 13.5 Å². The SMILES string of the molecule is O=S=O.OC1CCN(C2=CCC=C(Nc3cc(Cl)nc4ncnn34)C=C2)CC1. The van der Waals surface area contributed by atoms with Gasteiger partial charge in [-0.3, -0.25) is 0 Å². The Morgan fingerprint density at radius 1 is 1.21 bits per heavy atom. The van der Waals surface area contributed by atoms with Crippen molar-refractivity contribution in [3.63, 3.8) is 0 Å². The fourth-order valence-electron chi connectivity index (χ4n) is 3.09. The fraction of sp³-hybridized carbons (Fsp3) is 0.353. The number of nitrogens with zero attached hydrogens (tertiary/aromatic N) is 5. The van der Waals surface area contributed by atoms with E-state index in [4.69, 9.17) is 20.0 Å². The van der Waals surface area contributed by atoms with Crippen LogP contribution in [0.4, 0.5) is 5.82 Å². The molecular weight excluding hydrogens is 404 g/mol. The maximum atomic E-state index is 9.66. The average molecular weight is 423 g/mol. The molecule has 148 valence electrons. The van der Waals surface area contributed by atoms with Crippen LogP contribution in [0.2, 0.25) is 5.15 Å². The summed E-state index contributed by atoms with van der Waals surface area (Å²) >= 11 is 5.31. The maximum Gasteiger partial charge on any atom is 0.335 e. The fourth-order valence-corrected chi connectivity index (χ4v) is 3.27. The molecule has 4 rings (SSSR count). The minimum Gasteiger partial charge on any atom is -0.393 e. The third-order valence-corrected chi connectivity index (χ3v) is 4.61. The molecule has 28 heavy (non-hydrogen) atoms. The molecule has 3 heterocycles. The first-order chi connectivity index (χ1) is 13.6. The van der Waals surface area contributed by atoms with Crippen molar-refractivity contribution in [2.75, 3.05) is 18.4 Å². The lowest BCUT2D eigenvalue weighted by Gasteiger charge is -2.32. The summed E-state index contributed by atoms with van der Waals surface area (Å²) in [5, 5.41) is 17.5. The molecule has 0 aromatic carbocycles. The summed E-state index contributed by atoms with van der Waals surface area (Å²) in [5.74, 6) is 1.17. The summed E-state index contributed by atoms with van der Waals surface area (Å²) in [6, 6.07) is 1.73. The Labute approximate surface area is 170 Å². The van der Waals surface area contributed by atoms with Crippen LogP contribution in [-0.2, 0) is 11.6 Å². The Hall–Kier alpha value is -2.56. The number of fused-ring (bicyclic) bond motifs is 1. The summed E-state index contributed by atoms with van der Waals surface area (Å²) in [7, 11) is 0. The number of piperidine rings is 1. The Bertz CT molecular complexity index is 959. The molecule has 1 aliphatic carbocycles. The monoisotopic (exact) mass is 422 g/mol. The molecule has 0 radical (unpaired) electrons. The first kappa shape index (κ1) is 20.2. The van der Waals surface area contributed by atoms with Crippen LogP contribution in [0.25, 0.3) is 5.78 Å². The molecule has 2 N–H and O–H groups in total. The number of hydrogen-bond donors (Lipinski definition) is 2. The molecule has 9 nitrogen and oxygen atoms in total. The molecule has 0 bridgehead atoms. The van der Waals surface area contributed by atoms with Crippen LogP contribution in [0.1, 0.15) is 19.3 Å². The molecule has 0 saturated carbocycles. The molecule has 1 saturated heterocycles. The maximum absolute atomic E-state index is 9.66. The van der Waals surface area contributed by atoms with Crippen molar-refractivity contribution in [1.82, 2.24) is 24.5 Å². The van der Waals surface area contributed by atoms with Crippen LogP contribution in [0.3, 0.4) is 0 Å². The molecular formula is C17H19ClN6O3S. The van der Waals surface area contributed by atoms with Gasteiger partial charge in [0.25, 0.3) is 5.78 Å². The molecule has 0 atom stereocenters. The predicted octanol–water partition coefficient (Wildman–Crippen LogP) is 1.70. The lowest BCUT2D eigenvalue weighted by molar-refractivity contribution is 0.0985. The average Bonchev–Trinajstić information content (AvgIpc) is 3.02. The van der Waals surface area contributed by atoms with Crippen molar-refractivity contribution in [2.45, 2.75) is 25.4 Å². The minimum atomic E-state index is -0.750. The predicted molar refractivity (Wildman–Crippen MR) is 105 cm³/mol. The molecule has 11 heteroatoms. The normalized spacial score (nSPS) is 17.3. The molecule has 2 aromatic rings. The van der Waals surface area contributed by atoms with Crippen molar-refractivity contribution in [3.8, 4) is 0 Å². The van der Waals surface area contributed by atoms with Gasteiger partial charge in [0.15, 0.2) is 0 Å². The van der Waals surface area contributed by atoms with Gasteiger partial charge in [0.1, 0.15) is 17.3 Å². The van der Waals surface area contributed by atoms with Gasteiger partial charge in [0.2, 0.25) is 0 Å². The Kier molecular flexibility index (Phi) is 6.90. The van der Waals surface area contributed by atoms with Gasteiger partial charge in [-0.1, -0.05) is 23.8 Å². The number of nitrogens with one attached hydrogen (secondary N) is 1. The zero-order valence-corrected chi connectivity index (χ0v) is 16.4. The zero-order chi connectivity index (χ0) is 19.9. The van der Waals surface area contributed by atoms with Gasteiger partial charge >= 0.3 is 11.6 Å². The number of aliphatic hydroxyl groups excluding tert-OH is 1. The highest BCUT2D eigenvalue weighted by Gasteiger charge is 2.18. The third kappa shape index (κ3) is 5.03. The second-order valence-electron chi connectivity index (χ2n) is 6.20. The highest BCUT2D eigenvalue weighted by Crippen LogP contribution is 2.21. The van der Waals surface area contributed by atoms with Crippen LogP contribution in [0.15, 0.2) is 48.1 Å². The van der Waals surface area contributed by atoms with Gasteiger partial charge in [0, 0.05) is 30.5 Å². The number of aliphatic hydroxyl groups is 1. The van der Waals surface area contributed by atoms with Crippen LogP contribution < -0.4 is 5.32 Å². The quantitative estimate of drug-likeness (QED) is 0.718. The highest BCUT2D eigenvalue weighted by atomic mass is 35.5. The van der Waals surface area contributed by atoms with Crippen LogP contribution in [0.5, 0.6) is 0 Å². The smallest absolute Gasteiger partial charge is 0.335 e. The number of likely N-dealkylation sites (tertiary alicyclic amines) is 1. The summed E-state index contributed by atoms with van der Waals surface area (Å²) in [4.78, 5) is 10.5. The van der Waals surface area contributed by atoms with Crippen LogP contribution >= 0.6 is 11.6 Å². The lowest BCUT2D eigenvalue weighted by Crippen LogP contribution is -2.34. The van der Waals surface area contributed by atoms with E-state index in [0.717, 1.165) is 38.0 Å². The summed E-state index contributed by atoms with van der Waals surface area (Å²) in [5.41, 5.74) is 2.15. The van der Waals surface area contributed by atoms with E-state index in [9.17, 15) is 5.11 Å². The lowest BCUT2D eigenvalue weighted by atomic mass is 10.1. The zero-order valence-electron chi connectivity index (χ0n) is 14.9. The topological polar surface area (TPSA) is 113 Å². The molecule has 1 aliphatic heterocycles. The van der Waals surface area contributed by atoms with E-state index < -0.39 is 11.6 Å². The van der Waals surface area contributed by atoms with Crippen LogP contribution in [-0.4, -0.2) is 57.2 Å². The second-order valence-corrected chi connectivity index (χ2v) is 6.73. The van der Waals surface area contributed by atoms with Crippen molar-refractivity contribution >= 4 is 34.8 Å². The van der Waals surface area contributed by atoms with Gasteiger partial charge in [0.05, 0.1) is 6.10 Å². The Balaban J connectivity index is 0.000000706. The summed E-state index contributed by atoms with van der Waals surface area (Å²) in [6.07, 6.45) is 12.2. The van der Waals surface area contributed by atoms with E-state index in [1.165, 1.54) is 12.0 Å². The minimum absolute atomic E-state index is 0.163. The van der Waals surface area contributed by atoms with Crippen LogP contribution in [0, 0.1) is 0 Å².